The fraction of sp³-hybridized carbons (Fsp3) is 0.333. The first-order chi connectivity index (χ1) is 6.54. The van der Waals surface area contributed by atoms with Gasteiger partial charge in [-0.1, -0.05) is 18.2 Å². The molecule has 0 bridgehead atoms. The molecule has 0 heterocycles. The minimum atomic E-state index is -4.29. The minimum Gasteiger partial charge on any atom is -0.279 e. The van der Waals surface area contributed by atoms with Gasteiger partial charge in [-0.15, -0.1) is 0 Å². The third-order valence-electron chi connectivity index (χ3n) is 1.72. The van der Waals surface area contributed by atoms with Crippen LogP contribution in [0.15, 0.2) is 24.3 Å². The summed E-state index contributed by atoms with van der Waals surface area (Å²) in [5.74, 6) is 0. The van der Waals surface area contributed by atoms with Crippen molar-refractivity contribution in [3.63, 3.8) is 0 Å². The zero-order valence-corrected chi connectivity index (χ0v) is 7.90. The van der Waals surface area contributed by atoms with Crippen LogP contribution >= 0.6 is 11.9 Å². The molecule has 5 heteroatoms. The molecule has 0 spiro atoms. The van der Waals surface area contributed by atoms with Gasteiger partial charge in [0.1, 0.15) is 0 Å². The second kappa shape index (κ2) is 4.66. The highest BCUT2D eigenvalue weighted by atomic mass is 35.5. The van der Waals surface area contributed by atoms with Gasteiger partial charge >= 0.3 is 6.18 Å². The van der Waals surface area contributed by atoms with Crippen molar-refractivity contribution in [2.75, 3.05) is 6.61 Å². The van der Waals surface area contributed by atoms with Crippen LogP contribution in [0.5, 0.6) is 0 Å². The molecule has 0 fully saturated rings. The van der Waals surface area contributed by atoms with Crippen molar-refractivity contribution in [2.24, 2.45) is 0 Å². The molecule has 1 rings (SSSR count). The highest BCUT2D eigenvalue weighted by molar-refractivity contribution is 6.07. The quantitative estimate of drug-likeness (QED) is 0.765. The summed E-state index contributed by atoms with van der Waals surface area (Å²) in [5, 5.41) is 0. The second-order valence-corrected chi connectivity index (χ2v) is 2.98. The van der Waals surface area contributed by atoms with Crippen LogP contribution in [0.3, 0.4) is 0 Å². The van der Waals surface area contributed by atoms with E-state index < -0.39 is 11.7 Å². The van der Waals surface area contributed by atoms with Crippen molar-refractivity contribution >= 4 is 11.9 Å². The average Bonchev–Trinajstić information content (AvgIpc) is 2.14. The van der Waals surface area contributed by atoms with Crippen molar-refractivity contribution in [1.29, 1.82) is 0 Å². The fourth-order valence-corrected chi connectivity index (χ4v) is 1.14. The first-order valence-electron chi connectivity index (χ1n) is 3.93. The summed E-state index contributed by atoms with van der Waals surface area (Å²) in [6, 6.07) is 5.10. The standard InChI is InChI=1S/C9H8ClF3O/c10-14-5-4-7-2-1-3-8(6-7)9(11,12)13/h1-3,6H,4-5H2. The van der Waals surface area contributed by atoms with E-state index in [0.717, 1.165) is 12.1 Å². The molecule has 0 aromatic heterocycles. The molecule has 0 radical (unpaired) electrons. The van der Waals surface area contributed by atoms with Gasteiger partial charge in [0.25, 0.3) is 0 Å². The topological polar surface area (TPSA) is 9.23 Å². The van der Waals surface area contributed by atoms with E-state index in [1.165, 1.54) is 6.07 Å². The zero-order valence-electron chi connectivity index (χ0n) is 7.14. The van der Waals surface area contributed by atoms with Gasteiger partial charge in [-0.3, -0.25) is 4.29 Å². The third kappa shape index (κ3) is 3.20. The van der Waals surface area contributed by atoms with Gasteiger partial charge in [-0.25, -0.2) is 0 Å². The van der Waals surface area contributed by atoms with Crippen molar-refractivity contribution in [3.05, 3.63) is 35.4 Å². The first kappa shape index (κ1) is 11.3. The average molecular weight is 225 g/mol. The fourth-order valence-electron chi connectivity index (χ4n) is 1.06. The molecule has 1 aromatic rings. The number of alkyl halides is 3. The lowest BCUT2D eigenvalue weighted by molar-refractivity contribution is -0.137. The van der Waals surface area contributed by atoms with E-state index in [-0.39, 0.29) is 6.61 Å². The van der Waals surface area contributed by atoms with E-state index in [0.29, 0.717) is 12.0 Å². The maximum atomic E-state index is 12.2. The summed E-state index contributed by atoms with van der Waals surface area (Å²) in [7, 11) is 0. The molecule has 0 N–H and O–H groups in total. The van der Waals surface area contributed by atoms with Crippen LogP contribution in [-0.4, -0.2) is 6.61 Å². The lowest BCUT2D eigenvalue weighted by atomic mass is 10.1. The number of hydrogen-bond donors (Lipinski definition) is 0. The van der Waals surface area contributed by atoms with Crippen LogP contribution in [-0.2, 0) is 16.9 Å². The summed E-state index contributed by atoms with van der Waals surface area (Å²) in [6.07, 6.45) is -3.93. The van der Waals surface area contributed by atoms with E-state index in [1.807, 2.05) is 0 Å². The highest BCUT2D eigenvalue weighted by Crippen LogP contribution is 2.29. The monoisotopic (exact) mass is 224 g/mol. The molecular formula is C9H8ClF3O. The highest BCUT2D eigenvalue weighted by Gasteiger charge is 2.30. The van der Waals surface area contributed by atoms with Gasteiger partial charge in [0, 0.05) is 0 Å². The van der Waals surface area contributed by atoms with Gasteiger partial charge in [0.15, 0.2) is 0 Å². The Labute approximate surface area is 84.6 Å². The van der Waals surface area contributed by atoms with Gasteiger partial charge in [-0.2, -0.15) is 13.2 Å². The Morgan fingerprint density at radius 3 is 2.57 bits per heavy atom. The Kier molecular flexibility index (Phi) is 3.77. The maximum Gasteiger partial charge on any atom is 0.416 e. The molecule has 0 saturated carbocycles. The Hall–Kier alpha value is -0.740. The molecule has 0 amide bonds. The predicted molar refractivity (Wildman–Crippen MR) is 47.0 cm³/mol. The lowest BCUT2D eigenvalue weighted by Gasteiger charge is -2.07. The van der Waals surface area contributed by atoms with Gasteiger partial charge in [-0.05, 0) is 18.1 Å². The molecule has 1 aromatic carbocycles. The molecule has 0 aliphatic carbocycles. The summed E-state index contributed by atoms with van der Waals surface area (Å²) in [6.45, 7) is 0.197. The van der Waals surface area contributed by atoms with Crippen LogP contribution in [0.1, 0.15) is 11.1 Å². The van der Waals surface area contributed by atoms with Crippen LogP contribution in [0, 0.1) is 0 Å². The van der Waals surface area contributed by atoms with Crippen LogP contribution < -0.4 is 0 Å². The van der Waals surface area contributed by atoms with E-state index in [9.17, 15) is 13.2 Å². The zero-order chi connectivity index (χ0) is 10.6. The van der Waals surface area contributed by atoms with Crippen molar-refractivity contribution in [1.82, 2.24) is 0 Å². The molecule has 14 heavy (non-hydrogen) atoms. The smallest absolute Gasteiger partial charge is 0.279 e. The SMILES string of the molecule is FC(F)(F)c1cccc(CCOCl)c1. The van der Waals surface area contributed by atoms with Crippen LogP contribution in [0.2, 0.25) is 0 Å². The summed E-state index contributed by atoms with van der Waals surface area (Å²) in [4.78, 5) is 0. The number of rotatable bonds is 3. The maximum absolute atomic E-state index is 12.2. The summed E-state index contributed by atoms with van der Waals surface area (Å²) in [5.41, 5.74) is -0.0925. The summed E-state index contributed by atoms with van der Waals surface area (Å²) < 4.78 is 41.0. The van der Waals surface area contributed by atoms with E-state index in [4.69, 9.17) is 11.9 Å². The lowest BCUT2D eigenvalue weighted by Crippen LogP contribution is -2.05. The minimum absolute atomic E-state index is 0.197. The van der Waals surface area contributed by atoms with Gasteiger partial charge in [0.2, 0.25) is 0 Å². The molecule has 78 valence electrons. The molecule has 0 aliphatic heterocycles. The van der Waals surface area contributed by atoms with E-state index >= 15 is 0 Å². The molecule has 1 nitrogen and oxygen atoms in total. The Balaban J connectivity index is 2.79. The van der Waals surface area contributed by atoms with E-state index in [2.05, 4.69) is 4.29 Å². The van der Waals surface area contributed by atoms with Crippen molar-refractivity contribution < 1.29 is 17.5 Å². The molecule has 0 saturated heterocycles. The Morgan fingerprint density at radius 2 is 2.00 bits per heavy atom. The van der Waals surface area contributed by atoms with Crippen LogP contribution in [0.25, 0.3) is 0 Å². The number of halogens is 4. The predicted octanol–water partition coefficient (Wildman–Crippen LogP) is 3.42. The van der Waals surface area contributed by atoms with Crippen molar-refractivity contribution in [3.8, 4) is 0 Å². The Bertz CT molecular complexity index is 298. The molecule has 0 aliphatic rings. The molecule has 0 unspecified atom stereocenters. The van der Waals surface area contributed by atoms with Gasteiger partial charge in [0.05, 0.1) is 24.0 Å². The van der Waals surface area contributed by atoms with Crippen molar-refractivity contribution in [2.45, 2.75) is 12.6 Å². The summed E-state index contributed by atoms with van der Waals surface area (Å²) >= 11 is 4.96. The first-order valence-corrected chi connectivity index (χ1v) is 4.24. The van der Waals surface area contributed by atoms with Gasteiger partial charge < -0.3 is 0 Å². The normalized spacial score (nSPS) is 11.7. The number of hydrogen-bond acceptors (Lipinski definition) is 1. The van der Waals surface area contributed by atoms with E-state index in [1.54, 1.807) is 6.07 Å². The third-order valence-corrected chi connectivity index (χ3v) is 1.88. The molecule has 0 atom stereocenters. The Morgan fingerprint density at radius 1 is 1.29 bits per heavy atom. The second-order valence-electron chi connectivity index (χ2n) is 2.76. The number of benzene rings is 1. The molecular weight excluding hydrogens is 217 g/mol. The largest absolute Gasteiger partial charge is 0.416 e. The van der Waals surface area contributed by atoms with Crippen LogP contribution in [0.4, 0.5) is 13.2 Å².